The number of unbranched alkanes of at least 4 members (excludes halogenated alkanes) is 2. The summed E-state index contributed by atoms with van der Waals surface area (Å²) in [6, 6.07) is 8.64. The van der Waals surface area contributed by atoms with Gasteiger partial charge in [-0.25, -0.2) is 0 Å². The molecule has 2 aliphatic rings. The minimum Gasteiger partial charge on any atom is -0.497 e. The van der Waals surface area contributed by atoms with Gasteiger partial charge >= 0.3 is 0 Å². The predicted molar refractivity (Wildman–Crippen MR) is 124 cm³/mol. The Morgan fingerprint density at radius 1 is 0.931 bits per heavy atom. The lowest BCUT2D eigenvalue weighted by Crippen LogP contribution is -2.13. The van der Waals surface area contributed by atoms with Crippen LogP contribution < -0.4 is 4.74 Å². The monoisotopic (exact) mass is 392 g/mol. The van der Waals surface area contributed by atoms with Crippen molar-refractivity contribution in [2.24, 2.45) is 17.8 Å². The third kappa shape index (κ3) is 7.26. The van der Waals surface area contributed by atoms with Crippen molar-refractivity contribution in [2.75, 3.05) is 7.11 Å². The molecule has 0 aromatic heterocycles. The van der Waals surface area contributed by atoms with Crippen molar-refractivity contribution in [3.63, 3.8) is 0 Å². The molecule has 2 saturated carbocycles. The van der Waals surface area contributed by atoms with Gasteiger partial charge in [0.1, 0.15) is 5.75 Å². The molecular weight excluding hydrogens is 352 g/mol. The summed E-state index contributed by atoms with van der Waals surface area (Å²) in [4.78, 5) is 0. The van der Waals surface area contributed by atoms with E-state index < -0.39 is 0 Å². The number of hydrogen-bond donors (Lipinski definition) is 0. The smallest absolute Gasteiger partial charge is 0.118 e. The Morgan fingerprint density at radius 2 is 1.66 bits per heavy atom. The topological polar surface area (TPSA) is 9.23 Å². The Balaban J connectivity index is 1.35. The summed E-state index contributed by atoms with van der Waals surface area (Å²) < 4.78 is 5.27. The SMILES string of the molecule is CCCCCC1CCC(/C=C/C#CC2CCC(c3ccc(OC)cc3)CC2)CC1. The van der Waals surface area contributed by atoms with Crippen LogP contribution in [0.2, 0.25) is 0 Å². The van der Waals surface area contributed by atoms with Crippen LogP contribution in [0.3, 0.4) is 0 Å². The van der Waals surface area contributed by atoms with E-state index in [-0.39, 0.29) is 0 Å². The molecular formula is C28H40O. The molecule has 0 spiro atoms. The summed E-state index contributed by atoms with van der Waals surface area (Å²) in [6.07, 6.45) is 20.8. The van der Waals surface area contributed by atoms with E-state index in [1.165, 1.54) is 82.6 Å². The van der Waals surface area contributed by atoms with E-state index in [0.29, 0.717) is 11.8 Å². The van der Waals surface area contributed by atoms with Crippen LogP contribution in [-0.2, 0) is 0 Å². The molecule has 0 bridgehead atoms. The summed E-state index contributed by atoms with van der Waals surface area (Å²) in [6.45, 7) is 2.30. The molecule has 2 fully saturated rings. The summed E-state index contributed by atoms with van der Waals surface area (Å²) in [5, 5.41) is 0. The molecule has 1 aromatic carbocycles. The highest BCUT2D eigenvalue weighted by Crippen LogP contribution is 2.36. The fourth-order valence-electron chi connectivity index (χ4n) is 5.15. The van der Waals surface area contributed by atoms with E-state index >= 15 is 0 Å². The number of allylic oxidation sites excluding steroid dienone is 2. The van der Waals surface area contributed by atoms with Gasteiger partial charge in [-0.15, -0.1) is 0 Å². The molecule has 1 nitrogen and oxygen atoms in total. The van der Waals surface area contributed by atoms with Crippen LogP contribution in [0, 0.1) is 29.6 Å². The summed E-state index contributed by atoms with van der Waals surface area (Å²) in [5.74, 6) is 10.9. The Hall–Kier alpha value is -1.68. The van der Waals surface area contributed by atoms with Crippen LogP contribution in [0.25, 0.3) is 0 Å². The van der Waals surface area contributed by atoms with Crippen LogP contribution in [0.15, 0.2) is 36.4 Å². The first-order chi connectivity index (χ1) is 14.3. The lowest BCUT2D eigenvalue weighted by Gasteiger charge is -2.26. The van der Waals surface area contributed by atoms with Crippen molar-refractivity contribution < 1.29 is 4.74 Å². The second-order valence-corrected chi connectivity index (χ2v) is 9.25. The van der Waals surface area contributed by atoms with E-state index in [9.17, 15) is 0 Å². The minimum atomic E-state index is 0.587. The van der Waals surface area contributed by atoms with Gasteiger partial charge in [-0.2, -0.15) is 0 Å². The van der Waals surface area contributed by atoms with Gasteiger partial charge in [0.15, 0.2) is 0 Å². The first-order valence-electron chi connectivity index (χ1n) is 12.1. The van der Waals surface area contributed by atoms with E-state index in [2.05, 4.69) is 55.2 Å². The molecule has 29 heavy (non-hydrogen) atoms. The maximum Gasteiger partial charge on any atom is 0.118 e. The Morgan fingerprint density at radius 3 is 2.31 bits per heavy atom. The van der Waals surface area contributed by atoms with E-state index in [0.717, 1.165) is 17.6 Å². The van der Waals surface area contributed by atoms with Gasteiger partial charge in [-0.1, -0.05) is 62.7 Å². The molecule has 0 unspecified atom stereocenters. The van der Waals surface area contributed by atoms with Gasteiger partial charge in [0.05, 0.1) is 7.11 Å². The fraction of sp³-hybridized carbons (Fsp3) is 0.643. The lowest BCUT2D eigenvalue weighted by atomic mass is 9.79. The van der Waals surface area contributed by atoms with E-state index in [4.69, 9.17) is 4.74 Å². The van der Waals surface area contributed by atoms with Gasteiger partial charge in [0, 0.05) is 5.92 Å². The second-order valence-electron chi connectivity index (χ2n) is 9.25. The largest absolute Gasteiger partial charge is 0.497 e. The van der Waals surface area contributed by atoms with Crippen LogP contribution in [0.1, 0.15) is 95.5 Å². The average molecular weight is 393 g/mol. The van der Waals surface area contributed by atoms with Crippen molar-refractivity contribution in [1.82, 2.24) is 0 Å². The van der Waals surface area contributed by atoms with Crippen LogP contribution >= 0.6 is 0 Å². The number of rotatable bonds is 7. The first kappa shape index (κ1) is 22.0. The molecule has 0 atom stereocenters. The number of benzene rings is 1. The zero-order valence-electron chi connectivity index (χ0n) is 18.7. The number of methoxy groups -OCH3 is 1. The third-order valence-electron chi connectivity index (χ3n) is 7.16. The molecule has 0 heterocycles. The standard InChI is InChI=1S/C28H40O/c1-3-4-5-8-23-11-13-24(14-12-23)9-6-7-10-25-15-17-26(18-16-25)27-19-21-28(29-2)22-20-27/h6,9,19-26H,3-5,8,11-18H2,1-2H3/b9-6+. The van der Waals surface area contributed by atoms with Gasteiger partial charge in [0.2, 0.25) is 0 Å². The molecule has 3 rings (SSSR count). The quantitative estimate of drug-likeness (QED) is 0.338. The number of hydrogen-bond acceptors (Lipinski definition) is 1. The van der Waals surface area contributed by atoms with E-state index in [1.54, 1.807) is 7.11 Å². The van der Waals surface area contributed by atoms with E-state index in [1.807, 2.05) is 0 Å². The van der Waals surface area contributed by atoms with Crippen molar-refractivity contribution in [3.05, 3.63) is 42.0 Å². The van der Waals surface area contributed by atoms with Gasteiger partial charge in [-0.3, -0.25) is 0 Å². The van der Waals surface area contributed by atoms with Crippen LogP contribution in [0.4, 0.5) is 0 Å². The van der Waals surface area contributed by atoms with Gasteiger partial charge in [0.25, 0.3) is 0 Å². The molecule has 0 saturated heterocycles. The van der Waals surface area contributed by atoms with Crippen LogP contribution in [-0.4, -0.2) is 7.11 Å². The van der Waals surface area contributed by atoms with Crippen molar-refractivity contribution in [1.29, 1.82) is 0 Å². The summed E-state index contributed by atoms with van der Waals surface area (Å²) in [5.41, 5.74) is 1.46. The number of ether oxygens (including phenoxy) is 1. The molecule has 0 N–H and O–H groups in total. The molecule has 2 aliphatic carbocycles. The molecule has 158 valence electrons. The molecule has 1 heteroatoms. The highest BCUT2D eigenvalue weighted by atomic mass is 16.5. The normalized spacial score (nSPS) is 27.4. The average Bonchev–Trinajstić information content (AvgIpc) is 2.78. The first-order valence-corrected chi connectivity index (χ1v) is 12.1. The molecule has 1 aromatic rings. The second kappa shape index (κ2) is 12.1. The molecule has 0 radical (unpaired) electrons. The van der Waals surface area contributed by atoms with Gasteiger partial charge < -0.3 is 4.74 Å². The van der Waals surface area contributed by atoms with Gasteiger partial charge in [-0.05, 0) is 92.9 Å². The molecule has 0 amide bonds. The highest BCUT2D eigenvalue weighted by molar-refractivity contribution is 5.30. The van der Waals surface area contributed by atoms with Crippen LogP contribution in [0.5, 0.6) is 5.75 Å². The zero-order chi connectivity index (χ0) is 20.3. The van der Waals surface area contributed by atoms with Crippen molar-refractivity contribution in [3.8, 4) is 17.6 Å². The predicted octanol–water partition coefficient (Wildman–Crippen LogP) is 7.92. The Labute approximate surface area is 179 Å². The van der Waals surface area contributed by atoms with Crippen molar-refractivity contribution in [2.45, 2.75) is 89.9 Å². The molecule has 0 aliphatic heterocycles. The maximum atomic E-state index is 5.27. The lowest BCUT2D eigenvalue weighted by molar-refractivity contribution is 0.289. The zero-order valence-corrected chi connectivity index (χ0v) is 18.7. The Kier molecular flexibility index (Phi) is 9.20. The summed E-state index contributed by atoms with van der Waals surface area (Å²) >= 11 is 0. The fourth-order valence-corrected chi connectivity index (χ4v) is 5.15. The summed E-state index contributed by atoms with van der Waals surface area (Å²) in [7, 11) is 1.73. The Bertz CT molecular complexity index is 659. The van der Waals surface area contributed by atoms with Crippen molar-refractivity contribution >= 4 is 0 Å². The third-order valence-corrected chi connectivity index (χ3v) is 7.16. The minimum absolute atomic E-state index is 0.587. The maximum absolute atomic E-state index is 5.27. The highest BCUT2D eigenvalue weighted by Gasteiger charge is 2.21.